The van der Waals surface area contributed by atoms with Gasteiger partial charge in [0.25, 0.3) is 0 Å². The van der Waals surface area contributed by atoms with Gasteiger partial charge < -0.3 is 20.4 Å². The molecule has 20 heavy (non-hydrogen) atoms. The third-order valence-electron chi connectivity index (χ3n) is 3.67. The number of carboxylic acids is 1. The van der Waals surface area contributed by atoms with Crippen molar-refractivity contribution in [1.82, 2.24) is 4.90 Å². The first-order valence-corrected chi connectivity index (χ1v) is 6.45. The molecule has 1 aromatic carbocycles. The summed E-state index contributed by atoms with van der Waals surface area (Å²) >= 11 is 0. The summed E-state index contributed by atoms with van der Waals surface area (Å²) in [5.74, 6) is -1.10. The first kappa shape index (κ1) is 14.3. The first-order valence-electron chi connectivity index (χ1n) is 6.45. The van der Waals surface area contributed by atoms with Gasteiger partial charge in [0.05, 0.1) is 6.10 Å². The van der Waals surface area contributed by atoms with E-state index in [1.165, 1.54) is 0 Å². The van der Waals surface area contributed by atoms with Crippen molar-refractivity contribution in [2.45, 2.75) is 32.4 Å². The Morgan fingerprint density at radius 1 is 1.35 bits per heavy atom. The molecule has 0 saturated carbocycles. The number of hydrogen-bond acceptors (Lipinski definition) is 3. The summed E-state index contributed by atoms with van der Waals surface area (Å²) in [6.07, 6.45) is -0.726. The Balaban J connectivity index is 2.15. The number of rotatable bonds is 2. The number of aliphatic carboxylic acids is 1. The number of carbonyl (C=O) groups excluding carboxylic acids is 1. The second-order valence-electron chi connectivity index (χ2n) is 5.07. The van der Waals surface area contributed by atoms with Crippen molar-refractivity contribution in [2.75, 3.05) is 11.9 Å². The van der Waals surface area contributed by atoms with Crippen molar-refractivity contribution >= 4 is 17.7 Å². The summed E-state index contributed by atoms with van der Waals surface area (Å²) in [6, 6.07) is 4.05. The molecule has 0 radical (unpaired) electrons. The standard InChI is InChI=1S/C14H18N2O4/c1-8-4-3-5-11(9(8)2)15-14(20)16-7-10(17)6-12(16)13(18)19/h3-5,10,12,17H,6-7H2,1-2H3,(H,15,20)(H,18,19)/t10-,12-/m0/s1. The maximum Gasteiger partial charge on any atom is 0.326 e. The Morgan fingerprint density at radius 2 is 2.05 bits per heavy atom. The molecule has 3 N–H and O–H groups in total. The van der Waals surface area contributed by atoms with Crippen LogP contribution in [0.3, 0.4) is 0 Å². The fourth-order valence-corrected chi connectivity index (χ4v) is 2.35. The first-order chi connectivity index (χ1) is 9.40. The molecular weight excluding hydrogens is 260 g/mol. The molecule has 0 unspecified atom stereocenters. The van der Waals surface area contributed by atoms with Crippen LogP contribution in [0.25, 0.3) is 0 Å². The van der Waals surface area contributed by atoms with Crippen LogP contribution in [-0.4, -0.2) is 45.8 Å². The van der Waals surface area contributed by atoms with Crippen molar-refractivity contribution in [3.8, 4) is 0 Å². The highest BCUT2D eigenvalue weighted by molar-refractivity contribution is 5.93. The summed E-state index contributed by atoms with van der Waals surface area (Å²) in [4.78, 5) is 24.4. The maximum absolute atomic E-state index is 12.2. The fourth-order valence-electron chi connectivity index (χ4n) is 2.35. The number of aliphatic hydroxyl groups excluding tert-OH is 1. The Kier molecular flexibility index (Phi) is 3.94. The Morgan fingerprint density at radius 3 is 2.70 bits per heavy atom. The SMILES string of the molecule is Cc1cccc(NC(=O)N2C[C@@H](O)C[C@H]2C(=O)O)c1C. The average molecular weight is 278 g/mol. The lowest BCUT2D eigenvalue weighted by atomic mass is 10.1. The molecule has 0 aliphatic carbocycles. The minimum absolute atomic E-state index is 0.0354. The lowest BCUT2D eigenvalue weighted by Gasteiger charge is -2.22. The molecule has 108 valence electrons. The third-order valence-corrected chi connectivity index (χ3v) is 3.67. The van der Waals surface area contributed by atoms with Gasteiger partial charge in [-0.15, -0.1) is 0 Å². The predicted molar refractivity (Wildman–Crippen MR) is 73.7 cm³/mol. The molecule has 1 fully saturated rings. The molecule has 1 saturated heterocycles. The van der Waals surface area contributed by atoms with Crippen molar-refractivity contribution < 1.29 is 19.8 Å². The minimum atomic E-state index is -1.10. The molecule has 6 nitrogen and oxygen atoms in total. The highest BCUT2D eigenvalue weighted by Crippen LogP contribution is 2.22. The summed E-state index contributed by atoms with van der Waals surface area (Å²) in [6.45, 7) is 3.86. The number of likely N-dealkylation sites (tertiary alicyclic amines) is 1. The van der Waals surface area contributed by atoms with Crippen LogP contribution in [0.4, 0.5) is 10.5 Å². The molecule has 0 spiro atoms. The van der Waals surface area contributed by atoms with Gasteiger partial charge >= 0.3 is 12.0 Å². The van der Waals surface area contributed by atoms with Crippen LogP contribution in [0.15, 0.2) is 18.2 Å². The van der Waals surface area contributed by atoms with E-state index in [0.29, 0.717) is 5.69 Å². The largest absolute Gasteiger partial charge is 0.480 e. The number of aliphatic hydroxyl groups is 1. The van der Waals surface area contributed by atoms with Gasteiger partial charge in [-0.2, -0.15) is 0 Å². The van der Waals surface area contributed by atoms with Crippen LogP contribution in [0.1, 0.15) is 17.5 Å². The van der Waals surface area contributed by atoms with E-state index in [1.54, 1.807) is 6.07 Å². The number of nitrogens with one attached hydrogen (secondary N) is 1. The molecule has 6 heteroatoms. The highest BCUT2D eigenvalue weighted by Gasteiger charge is 2.39. The van der Waals surface area contributed by atoms with E-state index in [-0.39, 0.29) is 13.0 Å². The molecule has 1 aliphatic heterocycles. The number of carboxylic acid groups (broad SMARTS) is 1. The molecule has 1 aromatic rings. The van der Waals surface area contributed by atoms with Crippen LogP contribution in [0.5, 0.6) is 0 Å². The molecule has 0 aromatic heterocycles. The Hall–Kier alpha value is -2.08. The fraction of sp³-hybridized carbons (Fsp3) is 0.429. The number of hydrogen-bond donors (Lipinski definition) is 3. The van der Waals surface area contributed by atoms with E-state index < -0.39 is 24.1 Å². The summed E-state index contributed by atoms with van der Waals surface area (Å²) in [5, 5.41) is 21.3. The van der Waals surface area contributed by atoms with Gasteiger partial charge in [0, 0.05) is 18.7 Å². The molecule has 2 rings (SSSR count). The lowest BCUT2D eigenvalue weighted by molar-refractivity contribution is -0.141. The van der Waals surface area contributed by atoms with Crippen LogP contribution in [-0.2, 0) is 4.79 Å². The maximum atomic E-state index is 12.2. The Bertz CT molecular complexity index is 544. The molecule has 0 bridgehead atoms. The van der Waals surface area contributed by atoms with Crippen molar-refractivity contribution in [3.63, 3.8) is 0 Å². The van der Waals surface area contributed by atoms with Crippen LogP contribution in [0.2, 0.25) is 0 Å². The van der Waals surface area contributed by atoms with E-state index >= 15 is 0 Å². The molecule has 1 heterocycles. The van der Waals surface area contributed by atoms with Crippen molar-refractivity contribution in [3.05, 3.63) is 29.3 Å². The van der Waals surface area contributed by atoms with Crippen molar-refractivity contribution in [1.29, 1.82) is 0 Å². The lowest BCUT2D eigenvalue weighted by Crippen LogP contribution is -2.43. The summed E-state index contributed by atoms with van der Waals surface area (Å²) in [5.41, 5.74) is 2.63. The third kappa shape index (κ3) is 2.75. The van der Waals surface area contributed by atoms with E-state index in [2.05, 4.69) is 5.32 Å². The van der Waals surface area contributed by atoms with E-state index in [1.807, 2.05) is 26.0 Å². The number of β-amino-alcohol motifs (C(OH)–C–C–N with tert-alkyl or cyclic N) is 1. The topological polar surface area (TPSA) is 89.9 Å². The van der Waals surface area contributed by atoms with Crippen LogP contribution >= 0.6 is 0 Å². The van der Waals surface area contributed by atoms with Gasteiger partial charge in [0.1, 0.15) is 6.04 Å². The van der Waals surface area contributed by atoms with Gasteiger partial charge in [-0.25, -0.2) is 9.59 Å². The highest BCUT2D eigenvalue weighted by atomic mass is 16.4. The van der Waals surface area contributed by atoms with E-state index in [0.717, 1.165) is 16.0 Å². The van der Waals surface area contributed by atoms with Gasteiger partial charge in [0.2, 0.25) is 0 Å². The van der Waals surface area contributed by atoms with Crippen molar-refractivity contribution in [2.24, 2.45) is 0 Å². The molecular formula is C14H18N2O4. The number of urea groups is 1. The monoisotopic (exact) mass is 278 g/mol. The van der Waals surface area contributed by atoms with E-state index in [4.69, 9.17) is 5.11 Å². The normalized spacial score (nSPS) is 21.9. The average Bonchev–Trinajstić information content (AvgIpc) is 2.77. The number of aryl methyl sites for hydroxylation is 1. The zero-order valence-corrected chi connectivity index (χ0v) is 11.5. The zero-order chi connectivity index (χ0) is 14.9. The molecule has 2 atom stereocenters. The molecule has 1 aliphatic rings. The van der Waals surface area contributed by atoms with Crippen LogP contribution < -0.4 is 5.32 Å². The summed E-state index contributed by atoms with van der Waals surface area (Å²) in [7, 11) is 0. The second kappa shape index (κ2) is 5.50. The van der Waals surface area contributed by atoms with E-state index in [9.17, 15) is 14.7 Å². The Labute approximate surface area is 117 Å². The zero-order valence-electron chi connectivity index (χ0n) is 11.5. The van der Waals surface area contributed by atoms with Gasteiger partial charge in [-0.3, -0.25) is 0 Å². The second-order valence-corrected chi connectivity index (χ2v) is 5.07. The van der Waals surface area contributed by atoms with Crippen LogP contribution in [0, 0.1) is 13.8 Å². The quantitative estimate of drug-likeness (QED) is 0.762. The van der Waals surface area contributed by atoms with Gasteiger partial charge in [-0.05, 0) is 31.0 Å². The number of amides is 2. The number of carbonyl (C=O) groups is 2. The summed E-state index contributed by atoms with van der Waals surface area (Å²) < 4.78 is 0. The smallest absolute Gasteiger partial charge is 0.326 e. The van der Waals surface area contributed by atoms with Gasteiger partial charge in [0.15, 0.2) is 0 Å². The number of benzene rings is 1. The molecule has 2 amide bonds. The number of anilines is 1. The number of nitrogens with zero attached hydrogens (tertiary/aromatic N) is 1. The van der Waals surface area contributed by atoms with Gasteiger partial charge in [-0.1, -0.05) is 12.1 Å². The minimum Gasteiger partial charge on any atom is -0.480 e. The predicted octanol–water partition coefficient (Wildman–Crippen LogP) is 1.36.